The van der Waals surface area contributed by atoms with Gasteiger partial charge in [-0.05, 0) is 37.2 Å². The minimum Gasteiger partial charge on any atom is -0.469 e. The number of hydrogen-bond donors (Lipinski definition) is 2. The molecule has 9 nitrogen and oxygen atoms in total. The van der Waals surface area contributed by atoms with E-state index in [1.807, 2.05) is 18.2 Å². The van der Waals surface area contributed by atoms with Crippen molar-refractivity contribution in [1.82, 2.24) is 14.5 Å². The molecule has 1 unspecified atom stereocenters. The number of imide groups is 1. The maximum absolute atomic E-state index is 13.2. The molecule has 2 heterocycles. The van der Waals surface area contributed by atoms with Crippen LogP contribution in [0.5, 0.6) is 0 Å². The molecule has 1 saturated heterocycles. The van der Waals surface area contributed by atoms with Crippen LogP contribution in [-0.4, -0.2) is 62.3 Å². The lowest BCUT2D eigenvalue weighted by atomic mass is 10.1. The first-order chi connectivity index (χ1) is 15.4. The Morgan fingerprint density at radius 3 is 2.50 bits per heavy atom. The molecule has 1 aromatic heterocycles. The summed E-state index contributed by atoms with van der Waals surface area (Å²) in [6.07, 6.45) is 6.04. The Kier molecular flexibility index (Phi) is 10.4. The number of nitrogens with one attached hydrogen (secondary N) is 1. The highest BCUT2D eigenvalue weighted by atomic mass is 32.2. The third kappa shape index (κ3) is 7.77. The van der Waals surface area contributed by atoms with Gasteiger partial charge in [0.15, 0.2) is 0 Å². The zero-order valence-corrected chi connectivity index (χ0v) is 19.2. The molecule has 2 aromatic rings. The molecule has 1 atom stereocenters. The summed E-state index contributed by atoms with van der Waals surface area (Å²) in [6.45, 7) is 5.28. The van der Waals surface area contributed by atoms with Crippen LogP contribution in [0.1, 0.15) is 31.9 Å². The first-order valence-electron chi connectivity index (χ1n) is 10.7. The molecule has 10 heteroatoms. The minimum atomic E-state index is -3.50. The van der Waals surface area contributed by atoms with Crippen molar-refractivity contribution >= 4 is 22.5 Å². The van der Waals surface area contributed by atoms with Gasteiger partial charge in [0.05, 0.1) is 11.2 Å². The van der Waals surface area contributed by atoms with E-state index in [-0.39, 0.29) is 12.5 Å². The van der Waals surface area contributed by atoms with Crippen LogP contribution in [-0.2, 0) is 21.2 Å². The number of hydrogen-bond acceptors (Lipinski definition) is 6. The number of nitrogens with zero attached hydrogens (tertiary/aromatic N) is 2. The predicted octanol–water partition coefficient (Wildman–Crippen LogP) is 2.20. The molecule has 0 bridgehead atoms. The minimum absolute atomic E-state index is 0.110. The number of nitrogens with two attached hydrogens (primary N) is 1. The van der Waals surface area contributed by atoms with Crippen LogP contribution in [0, 0.1) is 0 Å². The first-order valence-corrected chi connectivity index (χ1v) is 12.1. The number of unbranched alkanes of at least 4 members (excludes halogenated alkanes) is 2. The summed E-state index contributed by atoms with van der Waals surface area (Å²) in [5, 5.41) is 1.67. The molecule has 176 valence electrons. The molecule has 0 radical (unpaired) electrons. The van der Waals surface area contributed by atoms with Crippen LogP contribution in [0.25, 0.3) is 0 Å². The largest absolute Gasteiger partial charge is 0.469 e. The molecule has 1 aliphatic rings. The van der Waals surface area contributed by atoms with E-state index in [1.54, 1.807) is 40.2 Å². The predicted molar refractivity (Wildman–Crippen MR) is 121 cm³/mol. The standard InChI is InChI=1S/C20H28N2O3S.C2H4N2O2/c1-2-3-7-12-21-13-14-22(18(17-21)16-19-9-8-15-25-19)26(23,24)20-10-5-4-6-11-20;3-2(6)4-1-5/h4-6,8-11,15,18H,2-3,7,12-14,16-17H2,1H3;1H,(H3,3,4,5,6). The van der Waals surface area contributed by atoms with E-state index in [1.165, 1.54) is 12.8 Å². The number of furan rings is 1. The molecule has 32 heavy (non-hydrogen) atoms. The number of amides is 3. The van der Waals surface area contributed by atoms with Crippen LogP contribution in [0.3, 0.4) is 0 Å². The lowest BCUT2D eigenvalue weighted by Crippen LogP contribution is -2.55. The lowest BCUT2D eigenvalue weighted by molar-refractivity contribution is -0.108. The van der Waals surface area contributed by atoms with Crippen molar-refractivity contribution in [2.75, 3.05) is 26.2 Å². The Labute approximate surface area is 189 Å². The topological polar surface area (TPSA) is 126 Å². The fraction of sp³-hybridized carbons (Fsp3) is 0.455. The van der Waals surface area contributed by atoms with Gasteiger partial charge in [-0.15, -0.1) is 0 Å². The molecular formula is C22H32N4O5S. The third-order valence-electron chi connectivity index (χ3n) is 5.16. The monoisotopic (exact) mass is 464 g/mol. The maximum atomic E-state index is 13.2. The Bertz CT molecular complexity index is 919. The molecule has 0 saturated carbocycles. The Hall–Kier alpha value is -2.69. The van der Waals surface area contributed by atoms with Crippen molar-refractivity contribution in [3.8, 4) is 0 Å². The highest BCUT2D eigenvalue weighted by Gasteiger charge is 2.36. The molecule has 1 aromatic carbocycles. The van der Waals surface area contributed by atoms with Gasteiger partial charge < -0.3 is 15.1 Å². The van der Waals surface area contributed by atoms with Crippen LogP contribution in [0.15, 0.2) is 58.0 Å². The van der Waals surface area contributed by atoms with Gasteiger partial charge in [-0.25, -0.2) is 13.2 Å². The first kappa shape index (κ1) is 25.6. The van der Waals surface area contributed by atoms with Crippen molar-refractivity contribution < 1.29 is 22.4 Å². The molecular weight excluding hydrogens is 432 g/mol. The van der Waals surface area contributed by atoms with Gasteiger partial charge in [0.25, 0.3) is 0 Å². The van der Waals surface area contributed by atoms with Gasteiger partial charge in [-0.2, -0.15) is 4.31 Å². The van der Waals surface area contributed by atoms with Gasteiger partial charge in [-0.1, -0.05) is 38.0 Å². The number of carbonyl (C=O) groups excluding carboxylic acids is 2. The zero-order chi connectivity index (χ0) is 23.4. The van der Waals surface area contributed by atoms with Crippen molar-refractivity contribution in [3.05, 3.63) is 54.5 Å². The smallest absolute Gasteiger partial charge is 0.318 e. The SMILES string of the molecule is CCCCCN1CCN(S(=O)(=O)c2ccccc2)C(Cc2ccco2)C1.NC(=O)NC=O. The summed E-state index contributed by atoms with van der Waals surface area (Å²) < 4.78 is 33.5. The van der Waals surface area contributed by atoms with Crippen LogP contribution >= 0.6 is 0 Å². The fourth-order valence-electron chi connectivity index (χ4n) is 3.62. The summed E-state index contributed by atoms with van der Waals surface area (Å²) in [7, 11) is -3.50. The molecule has 1 fully saturated rings. The van der Waals surface area contributed by atoms with Crippen LogP contribution in [0.4, 0.5) is 4.79 Å². The third-order valence-corrected chi connectivity index (χ3v) is 7.12. The molecule has 0 spiro atoms. The van der Waals surface area contributed by atoms with E-state index in [2.05, 4.69) is 17.6 Å². The average Bonchev–Trinajstić information content (AvgIpc) is 3.28. The fourth-order valence-corrected chi connectivity index (χ4v) is 5.25. The van der Waals surface area contributed by atoms with Gasteiger partial charge in [0, 0.05) is 32.1 Å². The van der Waals surface area contributed by atoms with Crippen molar-refractivity contribution in [3.63, 3.8) is 0 Å². The summed E-state index contributed by atoms with van der Waals surface area (Å²) >= 11 is 0. The molecule has 1 aliphatic heterocycles. The second-order valence-electron chi connectivity index (χ2n) is 7.50. The number of sulfonamides is 1. The number of piperazine rings is 1. The van der Waals surface area contributed by atoms with E-state index in [0.717, 1.165) is 31.8 Å². The Morgan fingerprint density at radius 2 is 1.94 bits per heavy atom. The second kappa shape index (κ2) is 13.0. The summed E-state index contributed by atoms with van der Waals surface area (Å²) in [5.74, 6) is 0.832. The zero-order valence-electron chi connectivity index (χ0n) is 18.4. The summed E-state index contributed by atoms with van der Waals surface area (Å²) in [4.78, 5) is 21.4. The molecule has 3 rings (SSSR count). The Balaban J connectivity index is 0.000000534. The van der Waals surface area contributed by atoms with E-state index >= 15 is 0 Å². The number of primary amides is 1. The molecule has 3 amide bonds. The average molecular weight is 465 g/mol. The molecule has 0 aliphatic carbocycles. The summed E-state index contributed by atoms with van der Waals surface area (Å²) in [6, 6.07) is 11.6. The van der Waals surface area contributed by atoms with E-state index in [4.69, 9.17) is 4.42 Å². The number of benzene rings is 1. The van der Waals surface area contributed by atoms with Gasteiger partial charge in [-0.3, -0.25) is 10.1 Å². The lowest BCUT2D eigenvalue weighted by Gasteiger charge is -2.40. The van der Waals surface area contributed by atoms with Crippen LogP contribution in [0.2, 0.25) is 0 Å². The van der Waals surface area contributed by atoms with Crippen molar-refractivity contribution in [2.45, 2.75) is 43.5 Å². The van der Waals surface area contributed by atoms with Crippen molar-refractivity contribution in [2.24, 2.45) is 5.73 Å². The van der Waals surface area contributed by atoms with E-state index < -0.39 is 16.1 Å². The molecule has 3 N–H and O–H groups in total. The highest BCUT2D eigenvalue weighted by molar-refractivity contribution is 7.89. The maximum Gasteiger partial charge on any atom is 0.318 e. The Morgan fingerprint density at radius 1 is 1.19 bits per heavy atom. The highest BCUT2D eigenvalue weighted by Crippen LogP contribution is 2.24. The van der Waals surface area contributed by atoms with Gasteiger partial charge in [0.2, 0.25) is 16.4 Å². The van der Waals surface area contributed by atoms with Gasteiger partial charge in [0.1, 0.15) is 5.76 Å². The van der Waals surface area contributed by atoms with E-state index in [0.29, 0.717) is 17.9 Å². The van der Waals surface area contributed by atoms with E-state index in [9.17, 15) is 18.0 Å². The number of carbonyl (C=O) groups is 2. The number of rotatable bonds is 9. The quantitative estimate of drug-likeness (QED) is 0.433. The normalized spacial score (nSPS) is 17.2. The van der Waals surface area contributed by atoms with Crippen LogP contribution < -0.4 is 11.1 Å². The van der Waals surface area contributed by atoms with Crippen molar-refractivity contribution in [1.29, 1.82) is 0 Å². The summed E-state index contributed by atoms with van der Waals surface area (Å²) in [5.41, 5.74) is 4.42. The second-order valence-corrected chi connectivity index (χ2v) is 9.39. The number of urea groups is 1. The van der Waals surface area contributed by atoms with Gasteiger partial charge >= 0.3 is 6.03 Å².